The maximum Gasteiger partial charge on any atom is 0.433 e. The van der Waals surface area contributed by atoms with Crippen LogP contribution < -0.4 is 10.6 Å². The number of aliphatic hydroxyl groups is 1. The van der Waals surface area contributed by atoms with Gasteiger partial charge in [-0.25, -0.2) is 4.98 Å². The van der Waals surface area contributed by atoms with Gasteiger partial charge in [0.15, 0.2) is 5.84 Å². The maximum atomic E-state index is 12.8. The second-order valence-electron chi connectivity index (χ2n) is 4.21. The van der Waals surface area contributed by atoms with Gasteiger partial charge in [0.25, 0.3) is 0 Å². The summed E-state index contributed by atoms with van der Waals surface area (Å²) in [6.45, 7) is 2.29. The number of halogens is 3. The molecule has 0 aliphatic heterocycles. The highest BCUT2D eigenvalue weighted by atomic mass is 19.4. The lowest BCUT2D eigenvalue weighted by Gasteiger charge is -2.24. The molecule has 9 heteroatoms. The lowest BCUT2D eigenvalue weighted by molar-refractivity contribution is -0.141. The Morgan fingerprint density at radius 3 is 2.57 bits per heavy atom. The Bertz CT molecular complexity index is 506. The van der Waals surface area contributed by atoms with E-state index in [1.165, 1.54) is 4.90 Å². The van der Waals surface area contributed by atoms with Gasteiger partial charge in [-0.05, 0) is 25.5 Å². The molecular weight excluding hydrogens is 289 g/mol. The molecule has 1 heterocycles. The van der Waals surface area contributed by atoms with Crippen molar-refractivity contribution >= 4 is 11.7 Å². The molecule has 6 nitrogen and oxygen atoms in total. The fraction of sp³-hybridized carbons (Fsp3) is 0.500. The molecule has 118 valence electrons. The van der Waals surface area contributed by atoms with E-state index in [9.17, 15) is 13.2 Å². The van der Waals surface area contributed by atoms with Gasteiger partial charge in [0, 0.05) is 19.7 Å². The van der Waals surface area contributed by atoms with Gasteiger partial charge in [0.1, 0.15) is 11.5 Å². The molecule has 1 aromatic heterocycles. The molecule has 0 spiro atoms. The highest BCUT2D eigenvalue weighted by molar-refractivity contribution is 6.01. The summed E-state index contributed by atoms with van der Waals surface area (Å²) >= 11 is 0. The number of nitrogens with zero attached hydrogens (tertiary/aromatic N) is 3. The maximum absolute atomic E-state index is 12.8. The van der Waals surface area contributed by atoms with Crippen molar-refractivity contribution < 1.29 is 23.5 Å². The zero-order valence-corrected chi connectivity index (χ0v) is 11.4. The first-order valence-corrected chi connectivity index (χ1v) is 6.27. The number of amidine groups is 1. The van der Waals surface area contributed by atoms with Crippen LogP contribution in [0.1, 0.15) is 24.6 Å². The van der Waals surface area contributed by atoms with E-state index in [1.54, 1.807) is 6.92 Å². The van der Waals surface area contributed by atoms with Crippen molar-refractivity contribution in [3.8, 4) is 0 Å². The fourth-order valence-corrected chi connectivity index (χ4v) is 1.78. The highest BCUT2D eigenvalue weighted by Crippen LogP contribution is 2.30. The normalized spacial score (nSPS) is 12.5. The van der Waals surface area contributed by atoms with E-state index in [4.69, 9.17) is 16.0 Å². The highest BCUT2D eigenvalue weighted by Gasteiger charge is 2.33. The van der Waals surface area contributed by atoms with E-state index in [0.29, 0.717) is 19.5 Å². The summed E-state index contributed by atoms with van der Waals surface area (Å²) < 4.78 is 38.3. The number of anilines is 1. The minimum atomic E-state index is -4.59. The minimum absolute atomic E-state index is 0.0314. The predicted molar refractivity (Wildman–Crippen MR) is 71.3 cm³/mol. The topological polar surface area (TPSA) is 95.0 Å². The number of aliphatic hydroxyl groups excluding tert-OH is 1. The molecular formula is C12H17F3N4O2. The number of nitrogens with two attached hydrogens (primary N) is 1. The van der Waals surface area contributed by atoms with Crippen molar-refractivity contribution in [2.75, 3.05) is 24.6 Å². The second-order valence-corrected chi connectivity index (χ2v) is 4.21. The predicted octanol–water partition coefficient (Wildman–Crippen LogP) is 1.40. The number of hydrogen-bond acceptors (Lipinski definition) is 5. The Morgan fingerprint density at radius 2 is 2.10 bits per heavy atom. The third-order valence-electron chi connectivity index (χ3n) is 2.82. The van der Waals surface area contributed by atoms with E-state index >= 15 is 0 Å². The molecule has 0 aromatic carbocycles. The summed E-state index contributed by atoms with van der Waals surface area (Å²) in [5, 5.41) is 20.4. The summed E-state index contributed by atoms with van der Waals surface area (Å²) in [7, 11) is 0. The van der Waals surface area contributed by atoms with Crippen molar-refractivity contribution in [3.63, 3.8) is 0 Å². The van der Waals surface area contributed by atoms with Crippen molar-refractivity contribution in [1.29, 1.82) is 0 Å². The average molecular weight is 306 g/mol. The van der Waals surface area contributed by atoms with E-state index in [1.807, 2.05) is 0 Å². The minimum Gasteiger partial charge on any atom is -0.409 e. The molecule has 0 aliphatic rings. The van der Waals surface area contributed by atoms with Crippen LogP contribution >= 0.6 is 0 Å². The molecule has 0 unspecified atom stereocenters. The van der Waals surface area contributed by atoms with Crippen molar-refractivity contribution in [2.45, 2.75) is 19.5 Å². The van der Waals surface area contributed by atoms with E-state index in [2.05, 4.69) is 10.1 Å². The van der Waals surface area contributed by atoms with Gasteiger partial charge in [-0.1, -0.05) is 5.16 Å². The molecule has 0 saturated carbocycles. The quantitative estimate of drug-likeness (QED) is 0.320. The fourth-order valence-electron chi connectivity index (χ4n) is 1.78. The summed E-state index contributed by atoms with van der Waals surface area (Å²) in [4.78, 5) is 5.11. The van der Waals surface area contributed by atoms with Crippen LogP contribution in [0.25, 0.3) is 0 Å². The number of rotatable bonds is 6. The molecule has 0 aliphatic carbocycles. The molecule has 1 rings (SSSR count). The average Bonchev–Trinajstić information content (AvgIpc) is 2.46. The van der Waals surface area contributed by atoms with Crippen LogP contribution in [0, 0.1) is 0 Å². The number of alkyl halides is 3. The van der Waals surface area contributed by atoms with E-state index in [0.717, 1.165) is 12.1 Å². The molecule has 0 atom stereocenters. The number of oxime groups is 1. The van der Waals surface area contributed by atoms with Crippen LogP contribution in [0.5, 0.6) is 0 Å². The van der Waals surface area contributed by atoms with Crippen LogP contribution in [0.2, 0.25) is 0 Å². The first-order valence-electron chi connectivity index (χ1n) is 6.27. The Morgan fingerprint density at radius 1 is 1.43 bits per heavy atom. The number of hydrogen-bond donors (Lipinski definition) is 3. The first kappa shape index (κ1) is 17.0. The van der Waals surface area contributed by atoms with Gasteiger partial charge < -0.3 is 20.9 Å². The zero-order chi connectivity index (χ0) is 16.0. The van der Waals surface area contributed by atoms with Crippen LogP contribution in [-0.4, -0.2) is 40.8 Å². The summed E-state index contributed by atoms with van der Waals surface area (Å²) in [6, 6.07) is 1.89. The molecule has 0 radical (unpaired) electrons. The van der Waals surface area contributed by atoms with Crippen molar-refractivity contribution in [2.24, 2.45) is 10.9 Å². The van der Waals surface area contributed by atoms with Gasteiger partial charge in [-0.15, -0.1) is 0 Å². The third-order valence-corrected chi connectivity index (χ3v) is 2.82. The summed E-state index contributed by atoms with van der Waals surface area (Å²) in [6.07, 6.45) is -4.23. The Balaban J connectivity index is 3.33. The van der Waals surface area contributed by atoms with Crippen molar-refractivity contribution in [3.05, 3.63) is 23.4 Å². The standard InChI is InChI=1S/C12H17F3N4O2/c1-2-19(6-3-7-20)11-8(10(16)18-21)4-5-9(17-11)12(13,14)15/h4-5,20-21H,2-3,6-7H2,1H3,(H2,16,18). The van der Waals surface area contributed by atoms with Gasteiger partial charge in [0.05, 0.1) is 5.56 Å². The lowest BCUT2D eigenvalue weighted by atomic mass is 10.2. The first-order chi connectivity index (χ1) is 9.85. The molecule has 1 aromatic rings. The smallest absolute Gasteiger partial charge is 0.409 e. The SMILES string of the molecule is CCN(CCCO)c1nc(C(F)(F)F)ccc1/C(N)=N/O. The molecule has 0 fully saturated rings. The molecule has 4 N–H and O–H groups in total. The number of aromatic nitrogens is 1. The number of pyridine rings is 1. The van der Waals surface area contributed by atoms with Crippen LogP contribution in [0.4, 0.5) is 19.0 Å². The Hall–Kier alpha value is -2.03. The Kier molecular flexibility index (Phi) is 5.77. The van der Waals surface area contributed by atoms with Gasteiger partial charge in [-0.2, -0.15) is 13.2 Å². The van der Waals surface area contributed by atoms with Gasteiger partial charge >= 0.3 is 6.18 Å². The monoisotopic (exact) mass is 306 g/mol. The molecule has 21 heavy (non-hydrogen) atoms. The second kappa shape index (κ2) is 7.11. The molecule has 0 amide bonds. The summed E-state index contributed by atoms with van der Waals surface area (Å²) in [5.41, 5.74) is 4.52. The Labute approximate surface area is 119 Å². The molecule has 0 saturated heterocycles. The third kappa shape index (κ3) is 4.22. The zero-order valence-electron chi connectivity index (χ0n) is 11.4. The summed E-state index contributed by atoms with van der Waals surface area (Å²) in [5.74, 6) is -0.357. The molecule has 0 bridgehead atoms. The largest absolute Gasteiger partial charge is 0.433 e. The van der Waals surface area contributed by atoms with Gasteiger partial charge in [0.2, 0.25) is 0 Å². The van der Waals surface area contributed by atoms with E-state index < -0.39 is 11.9 Å². The van der Waals surface area contributed by atoms with E-state index in [-0.39, 0.29) is 23.8 Å². The van der Waals surface area contributed by atoms with Crippen molar-refractivity contribution in [1.82, 2.24) is 4.98 Å². The van der Waals surface area contributed by atoms with Crippen LogP contribution in [0.3, 0.4) is 0 Å². The van der Waals surface area contributed by atoms with Crippen LogP contribution in [0.15, 0.2) is 17.3 Å². The lowest BCUT2D eigenvalue weighted by Crippen LogP contribution is -2.30. The van der Waals surface area contributed by atoms with Gasteiger partial charge in [-0.3, -0.25) is 0 Å². The van der Waals surface area contributed by atoms with Crippen LogP contribution in [-0.2, 0) is 6.18 Å².